The first-order valence-corrected chi connectivity index (χ1v) is 11.4. The average molecular weight is 460 g/mol. The molecule has 0 aliphatic carbocycles. The number of aromatic carboxylic acids is 1. The second kappa shape index (κ2) is 10.9. The molecule has 0 spiro atoms. The summed E-state index contributed by atoms with van der Waals surface area (Å²) in [5, 5.41) is 15.6. The van der Waals surface area contributed by atoms with Crippen LogP contribution in [0.2, 0.25) is 0 Å². The van der Waals surface area contributed by atoms with E-state index in [4.69, 9.17) is 4.74 Å². The van der Waals surface area contributed by atoms with Crippen molar-refractivity contribution >= 4 is 23.3 Å². The number of rotatable bonds is 8. The second-order valence-electron chi connectivity index (χ2n) is 8.52. The predicted octanol–water partition coefficient (Wildman–Crippen LogP) is 5.00. The fourth-order valence-electron chi connectivity index (χ4n) is 4.10. The number of para-hydroxylation sites is 1. The standard InChI is InChI=1S/C27H29N3O4/c1-19-17-22(9-12-25(19)27(32)33)28-21-13-15-30(16-14-21)18-26(31)29-20-7-10-24(11-8-20)34-23-5-3-2-4-6-23/h2-12,17,21,28H,13-16,18H2,1H3,(H,29,31)(H,32,33). The molecule has 0 unspecified atom stereocenters. The Labute approximate surface area is 199 Å². The Morgan fingerprint density at radius 2 is 1.59 bits per heavy atom. The maximum atomic E-state index is 12.5. The lowest BCUT2D eigenvalue weighted by atomic mass is 10.0. The Morgan fingerprint density at radius 1 is 0.941 bits per heavy atom. The van der Waals surface area contributed by atoms with Gasteiger partial charge in [0.2, 0.25) is 5.91 Å². The molecule has 7 heteroatoms. The fourth-order valence-corrected chi connectivity index (χ4v) is 4.10. The molecule has 1 fully saturated rings. The molecule has 1 aliphatic rings. The number of hydrogen-bond acceptors (Lipinski definition) is 5. The number of nitrogens with zero attached hydrogens (tertiary/aromatic N) is 1. The third-order valence-corrected chi connectivity index (χ3v) is 5.90. The Morgan fingerprint density at radius 3 is 2.24 bits per heavy atom. The smallest absolute Gasteiger partial charge is 0.335 e. The molecule has 34 heavy (non-hydrogen) atoms. The lowest BCUT2D eigenvalue weighted by Crippen LogP contribution is -2.42. The first-order valence-electron chi connectivity index (χ1n) is 11.4. The van der Waals surface area contributed by atoms with Gasteiger partial charge in [-0.1, -0.05) is 18.2 Å². The highest BCUT2D eigenvalue weighted by atomic mass is 16.5. The first kappa shape index (κ1) is 23.3. The highest BCUT2D eigenvalue weighted by molar-refractivity contribution is 5.92. The van der Waals surface area contributed by atoms with E-state index in [9.17, 15) is 14.7 Å². The van der Waals surface area contributed by atoms with Crippen molar-refractivity contribution < 1.29 is 19.4 Å². The van der Waals surface area contributed by atoms with Crippen LogP contribution in [0.4, 0.5) is 11.4 Å². The van der Waals surface area contributed by atoms with E-state index in [0.717, 1.165) is 48.6 Å². The zero-order valence-corrected chi connectivity index (χ0v) is 19.2. The van der Waals surface area contributed by atoms with E-state index in [1.165, 1.54) is 0 Å². The zero-order valence-electron chi connectivity index (χ0n) is 19.2. The summed E-state index contributed by atoms with van der Waals surface area (Å²) in [6.45, 7) is 3.80. The lowest BCUT2D eigenvalue weighted by Gasteiger charge is -2.32. The van der Waals surface area contributed by atoms with Crippen molar-refractivity contribution in [3.05, 3.63) is 83.9 Å². The molecule has 176 valence electrons. The van der Waals surface area contributed by atoms with Crippen LogP contribution in [0.25, 0.3) is 0 Å². The Kier molecular flexibility index (Phi) is 7.44. The van der Waals surface area contributed by atoms with Crippen LogP contribution >= 0.6 is 0 Å². The normalized spacial score (nSPS) is 14.4. The molecule has 3 N–H and O–H groups in total. The van der Waals surface area contributed by atoms with E-state index in [0.29, 0.717) is 23.9 Å². The van der Waals surface area contributed by atoms with Gasteiger partial charge >= 0.3 is 5.97 Å². The number of carboxylic acids is 1. The van der Waals surface area contributed by atoms with Crippen LogP contribution in [0, 0.1) is 6.92 Å². The van der Waals surface area contributed by atoms with Crippen LogP contribution < -0.4 is 15.4 Å². The van der Waals surface area contributed by atoms with Crippen molar-refractivity contribution in [3.63, 3.8) is 0 Å². The molecule has 7 nitrogen and oxygen atoms in total. The molecule has 3 aromatic rings. The molecule has 0 atom stereocenters. The van der Waals surface area contributed by atoms with E-state index in [1.54, 1.807) is 13.0 Å². The minimum atomic E-state index is -0.910. The number of benzene rings is 3. The number of carbonyl (C=O) groups excluding carboxylic acids is 1. The minimum Gasteiger partial charge on any atom is -0.478 e. The van der Waals surface area contributed by atoms with Crippen LogP contribution in [0.1, 0.15) is 28.8 Å². The van der Waals surface area contributed by atoms with E-state index in [2.05, 4.69) is 15.5 Å². The van der Waals surface area contributed by atoms with Crippen LogP contribution in [0.5, 0.6) is 11.5 Å². The number of anilines is 2. The monoisotopic (exact) mass is 459 g/mol. The molecule has 1 amide bonds. The van der Waals surface area contributed by atoms with Gasteiger partial charge in [0.15, 0.2) is 0 Å². The number of aryl methyl sites for hydroxylation is 1. The molecule has 1 saturated heterocycles. The number of carbonyl (C=O) groups is 2. The van der Waals surface area contributed by atoms with Crippen LogP contribution in [0.3, 0.4) is 0 Å². The predicted molar refractivity (Wildman–Crippen MR) is 133 cm³/mol. The van der Waals surface area contributed by atoms with Gasteiger partial charge in [-0.2, -0.15) is 0 Å². The minimum absolute atomic E-state index is 0.0389. The highest BCUT2D eigenvalue weighted by Gasteiger charge is 2.21. The van der Waals surface area contributed by atoms with Crippen molar-refractivity contribution in [1.82, 2.24) is 4.90 Å². The first-order chi connectivity index (χ1) is 16.5. The Bertz CT molecular complexity index is 1120. The topological polar surface area (TPSA) is 90.9 Å². The quantitative estimate of drug-likeness (QED) is 0.439. The van der Waals surface area contributed by atoms with E-state index >= 15 is 0 Å². The van der Waals surface area contributed by atoms with Gasteiger partial charge in [0, 0.05) is 30.5 Å². The second-order valence-corrected chi connectivity index (χ2v) is 8.52. The van der Waals surface area contributed by atoms with Crippen molar-refractivity contribution in [2.45, 2.75) is 25.8 Å². The third-order valence-electron chi connectivity index (χ3n) is 5.90. The Balaban J connectivity index is 1.21. The van der Waals surface area contributed by atoms with Gasteiger partial charge in [-0.15, -0.1) is 0 Å². The molecule has 0 aromatic heterocycles. The van der Waals surface area contributed by atoms with Gasteiger partial charge in [0.05, 0.1) is 12.1 Å². The number of ether oxygens (including phenoxy) is 1. The highest BCUT2D eigenvalue weighted by Crippen LogP contribution is 2.23. The molecule has 0 radical (unpaired) electrons. The third kappa shape index (κ3) is 6.36. The van der Waals surface area contributed by atoms with Crippen LogP contribution in [-0.4, -0.2) is 47.6 Å². The molecule has 4 rings (SSSR count). The largest absolute Gasteiger partial charge is 0.478 e. The molecule has 0 bridgehead atoms. The number of hydrogen-bond donors (Lipinski definition) is 3. The van der Waals surface area contributed by atoms with E-state index in [1.807, 2.05) is 66.7 Å². The van der Waals surface area contributed by atoms with Crippen molar-refractivity contribution in [3.8, 4) is 11.5 Å². The van der Waals surface area contributed by atoms with Crippen molar-refractivity contribution in [2.24, 2.45) is 0 Å². The maximum absolute atomic E-state index is 12.5. The van der Waals surface area contributed by atoms with Crippen LogP contribution in [0.15, 0.2) is 72.8 Å². The SMILES string of the molecule is Cc1cc(NC2CCN(CC(=O)Nc3ccc(Oc4ccccc4)cc3)CC2)ccc1C(=O)O. The molecular weight excluding hydrogens is 430 g/mol. The molecule has 0 saturated carbocycles. The fraction of sp³-hybridized carbons (Fsp3) is 0.259. The summed E-state index contributed by atoms with van der Waals surface area (Å²) in [7, 11) is 0. The number of nitrogens with one attached hydrogen (secondary N) is 2. The average Bonchev–Trinajstić information content (AvgIpc) is 2.82. The van der Waals surface area contributed by atoms with Gasteiger partial charge < -0.3 is 20.5 Å². The molecule has 1 heterocycles. The number of likely N-dealkylation sites (tertiary alicyclic amines) is 1. The molecule has 1 aliphatic heterocycles. The van der Waals surface area contributed by atoms with Crippen molar-refractivity contribution in [2.75, 3.05) is 30.3 Å². The van der Waals surface area contributed by atoms with Gasteiger partial charge in [-0.3, -0.25) is 9.69 Å². The summed E-state index contributed by atoms with van der Waals surface area (Å²) in [5.41, 5.74) is 2.73. The van der Waals surface area contributed by atoms with Crippen molar-refractivity contribution in [1.29, 1.82) is 0 Å². The van der Waals surface area contributed by atoms with Gasteiger partial charge in [0.1, 0.15) is 11.5 Å². The summed E-state index contributed by atoms with van der Waals surface area (Å²) in [6, 6.07) is 22.5. The van der Waals surface area contributed by atoms with Crippen LogP contribution in [-0.2, 0) is 4.79 Å². The number of amides is 1. The summed E-state index contributed by atoms with van der Waals surface area (Å²) < 4.78 is 5.78. The van der Waals surface area contributed by atoms with E-state index < -0.39 is 5.97 Å². The Hall–Kier alpha value is -3.84. The van der Waals surface area contributed by atoms with Gasteiger partial charge in [-0.05, 0) is 79.9 Å². The number of piperidine rings is 1. The summed E-state index contributed by atoms with van der Waals surface area (Å²) in [4.78, 5) is 25.8. The summed E-state index contributed by atoms with van der Waals surface area (Å²) in [6.07, 6.45) is 1.83. The molecule has 3 aromatic carbocycles. The summed E-state index contributed by atoms with van der Waals surface area (Å²) >= 11 is 0. The van der Waals surface area contributed by atoms with Gasteiger partial charge in [-0.25, -0.2) is 4.79 Å². The lowest BCUT2D eigenvalue weighted by molar-refractivity contribution is -0.117. The maximum Gasteiger partial charge on any atom is 0.335 e. The number of carboxylic acid groups (broad SMARTS) is 1. The van der Waals surface area contributed by atoms with E-state index in [-0.39, 0.29) is 5.91 Å². The molecular formula is C27H29N3O4. The zero-order chi connectivity index (χ0) is 23.9. The van der Waals surface area contributed by atoms with Gasteiger partial charge in [0.25, 0.3) is 0 Å². The summed E-state index contributed by atoms with van der Waals surface area (Å²) in [5.74, 6) is 0.534.